The molecule has 0 bridgehead atoms. The molecule has 2 aromatic carbocycles. The van der Waals surface area contributed by atoms with Crippen LogP contribution in [0.1, 0.15) is 48.5 Å². The van der Waals surface area contributed by atoms with Crippen molar-refractivity contribution >= 4 is 42.6 Å². The van der Waals surface area contributed by atoms with Crippen molar-refractivity contribution in [3.63, 3.8) is 0 Å². The monoisotopic (exact) mass is 498 g/mol. The number of rotatable bonds is 6. The minimum absolute atomic E-state index is 0.0643. The van der Waals surface area contributed by atoms with Gasteiger partial charge in [-0.1, -0.05) is 37.3 Å². The van der Waals surface area contributed by atoms with Gasteiger partial charge in [0.15, 0.2) is 5.13 Å². The quantitative estimate of drug-likeness (QED) is 0.510. The van der Waals surface area contributed by atoms with E-state index in [1.54, 1.807) is 42.6 Å². The Morgan fingerprint density at radius 2 is 1.74 bits per heavy atom. The van der Waals surface area contributed by atoms with Crippen LogP contribution < -0.4 is 4.90 Å². The number of benzene rings is 2. The van der Waals surface area contributed by atoms with Gasteiger partial charge in [-0.15, -0.1) is 0 Å². The number of carbonyl (C=O) groups excluding carboxylic acids is 1. The van der Waals surface area contributed by atoms with E-state index in [2.05, 4.69) is 36.9 Å². The van der Waals surface area contributed by atoms with Crippen molar-refractivity contribution in [1.82, 2.24) is 14.2 Å². The van der Waals surface area contributed by atoms with Crippen molar-refractivity contribution in [3.05, 3.63) is 53.6 Å². The molecular formula is C25H30N4O3S2. The molecule has 3 aromatic rings. The molecule has 0 atom stereocenters. The van der Waals surface area contributed by atoms with E-state index in [1.165, 1.54) is 14.6 Å². The van der Waals surface area contributed by atoms with Gasteiger partial charge in [-0.3, -0.25) is 4.79 Å². The zero-order valence-electron chi connectivity index (χ0n) is 19.8. The Morgan fingerprint density at radius 1 is 1.06 bits per heavy atom. The average Bonchev–Trinajstić information content (AvgIpc) is 3.60. The number of thiazole rings is 1. The number of hydrogen-bond donors (Lipinski definition) is 0. The average molecular weight is 499 g/mol. The first-order chi connectivity index (χ1) is 16.3. The summed E-state index contributed by atoms with van der Waals surface area (Å²) in [7, 11) is -1.88. The van der Waals surface area contributed by atoms with Crippen molar-refractivity contribution in [2.45, 2.75) is 43.5 Å². The van der Waals surface area contributed by atoms with Gasteiger partial charge in [0, 0.05) is 44.8 Å². The Hall–Kier alpha value is -2.49. The third-order valence-corrected chi connectivity index (χ3v) is 9.74. The van der Waals surface area contributed by atoms with Gasteiger partial charge in [0.2, 0.25) is 10.0 Å². The summed E-state index contributed by atoms with van der Waals surface area (Å²) in [5, 5.41) is 1.00. The number of nitrogens with zero attached hydrogens (tertiary/aromatic N) is 4. The van der Waals surface area contributed by atoms with Crippen LogP contribution >= 0.6 is 11.3 Å². The molecule has 0 radical (unpaired) electrons. The SMILES string of the molecule is CC(C)c1cccc2sc(N3CCN(C(=O)c4ccc(S(=O)(=O)N(C)C5CC5)cc4)CC3)nc12. The lowest BCUT2D eigenvalue weighted by Gasteiger charge is -2.34. The number of anilines is 1. The molecule has 0 N–H and O–H groups in total. The fourth-order valence-corrected chi connectivity index (χ4v) is 6.88. The van der Waals surface area contributed by atoms with E-state index in [0.29, 0.717) is 24.6 Å². The molecule has 5 rings (SSSR count). The van der Waals surface area contributed by atoms with Crippen LogP contribution in [-0.4, -0.2) is 67.8 Å². The minimum atomic E-state index is -3.50. The minimum Gasteiger partial charge on any atom is -0.345 e. The zero-order valence-corrected chi connectivity index (χ0v) is 21.4. The number of aromatic nitrogens is 1. The molecule has 1 aliphatic heterocycles. The number of carbonyl (C=O) groups is 1. The van der Waals surface area contributed by atoms with Crippen LogP contribution in [0.3, 0.4) is 0 Å². The summed E-state index contributed by atoms with van der Waals surface area (Å²) in [6.45, 7) is 7.03. The third-order valence-electron chi connectivity index (χ3n) is 6.74. The maximum absolute atomic E-state index is 13.1. The lowest BCUT2D eigenvalue weighted by atomic mass is 10.0. The zero-order chi connectivity index (χ0) is 24.0. The van der Waals surface area contributed by atoms with E-state index in [4.69, 9.17) is 4.98 Å². The molecule has 1 saturated carbocycles. The summed E-state index contributed by atoms with van der Waals surface area (Å²) < 4.78 is 28.1. The summed E-state index contributed by atoms with van der Waals surface area (Å²) in [6, 6.07) is 12.8. The number of piperazine rings is 1. The largest absolute Gasteiger partial charge is 0.345 e. The maximum atomic E-state index is 13.1. The number of para-hydroxylation sites is 1. The molecular weight excluding hydrogens is 468 g/mol. The normalized spacial score (nSPS) is 17.2. The molecule has 1 aromatic heterocycles. The van der Waals surface area contributed by atoms with Gasteiger partial charge >= 0.3 is 0 Å². The van der Waals surface area contributed by atoms with E-state index in [9.17, 15) is 13.2 Å². The molecule has 0 spiro atoms. The van der Waals surface area contributed by atoms with Crippen LogP contribution in [0.15, 0.2) is 47.4 Å². The molecule has 7 nitrogen and oxygen atoms in total. The fraction of sp³-hybridized carbons (Fsp3) is 0.440. The topological polar surface area (TPSA) is 73.8 Å². The fourth-order valence-electron chi connectivity index (χ4n) is 4.41. The van der Waals surface area contributed by atoms with Gasteiger partial charge in [-0.25, -0.2) is 13.4 Å². The molecule has 2 heterocycles. The Kier molecular flexibility index (Phi) is 6.12. The van der Waals surface area contributed by atoms with Crippen LogP contribution in [0.25, 0.3) is 10.2 Å². The van der Waals surface area contributed by atoms with Gasteiger partial charge in [0.1, 0.15) is 0 Å². The molecule has 2 fully saturated rings. The van der Waals surface area contributed by atoms with Crippen molar-refractivity contribution in [1.29, 1.82) is 0 Å². The highest BCUT2D eigenvalue weighted by atomic mass is 32.2. The van der Waals surface area contributed by atoms with Crippen LogP contribution in [0, 0.1) is 0 Å². The summed E-state index contributed by atoms with van der Waals surface area (Å²) in [4.78, 5) is 22.3. The highest BCUT2D eigenvalue weighted by Gasteiger charge is 2.35. The van der Waals surface area contributed by atoms with E-state index in [-0.39, 0.29) is 16.8 Å². The maximum Gasteiger partial charge on any atom is 0.253 e. The summed E-state index contributed by atoms with van der Waals surface area (Å²) >= 11 is 1.70. The second-order valence-corrected chi connectivity index (χ2v) is 12.4. The highest BCUT2D eigenvalue weighted by molar-refractivity contribution is 7.89. The van der Waals surface area contributed by atoms with Gasteiger partial charge < -0.3 is 9.80 Å². The lowest BCUT2D eigenvalue weighted by Crippen LogP contribution is -2.48. The van der Waals surface area contributed by atoms with Crippen LogP contribution in [-0.2, 0) is 10.0 Å². The van der Waals surface area contributed by atoms with Gasteiger partial charge in [-0.2, -0.15) is 4.31 Å². The van der Waals surface area contributed by atoms with Crippen molar-refractivity contribution in [2.75, 3.05) is 38.1 Å². The van der Waals surface area contributed by atoms with Crippen LogP contribution in [0.5, 0.6) is 0 Å². The second-order valence-electron chi connectivity index (χ2n) is 9.40. The summed E-state index contributed by atoms with van der Waals surface area (Å²) in [5.41, 5.74) is 2.86. The van der Waals surface area contributed by atoms with Crippen molar-refractivity contribution < 1.29 is 13.2 Å². The predicted octanol–water partition coefficient (Wildman–Crippen LogP) is 4.17. The Bertz CT molecular complexity index is 1310. The molecule has 2 aliphatic rings. The van der Waals surface area contributed by atoms with Crippen molar-refractivity contribution in [3.8, 4) is 0 Å². The van der Waals surface area contributed by atoms with Gasteiger partial charge in [0.05, 0.1) is 15.1 Å². The van der Waals surface area contributed by atoms with E-state index in [1.807, 2.05) is 4.90 Å². The summed E-state index contributed by atoms with van der Waals surface area (Å²) in [5.74, 6) is 0.356. The van der Waals surface area contributed by atoms with Crippen molar-refractivity contribution in [2.24, 2.45) is 0 Å². The molecule has 0 unspecified atom stereocenters. The Morgan fingerprint density at radius 3 is 2.35 bits per heavy atom. The number of fused-ring (bicyclic) bond motifs is 1. The number of sulfonamides is 1. The van der Waals surface area contributed by atoms with E-state index < -0.39 is 10.0 Å². The lowest BCUT2D eigenvalue weighted by molar-refractivity contribution is 0.0746. The first-order valence-electron chi connectivity index (χ1n) is 11.8. The third kappa shape index (κ3) is 4.32. The molecule has 9 heteroatoms. The van der Waals surface area contributed by atoms with Crippen LogP contribution in [0.4, 0.5) is 5.13 Å². The molecule has 1 saturated heterocycles. The first kappa shape index (κ1) is 23.3. The van der Waals surface area contributed by atoms with E-state index in [0.717, 1.165) is 36.6 Å². The smallest absolute Gasteiger partial charge is 0.253 e. The molecule has 180 valence electrons. The van der Waals surface area contributed by atoms with Crippen LogP contribution in [0.2, 0.25) is 0 Å². The Balaban J connectivity index is 1.25. The highest BCUT2D eigenvalue weighted by Crippen LogP contribution is 2.34. The van der Waals surface area contributed by atoms with E-state index >= 15 is 0 Å². The number of amides is 1. The molecule has 34 heavy (non-hydrogen) atoms. The second kappa shape index (κ2) is 8.94. The standard InChI is InChI=1S/C25H30N4O3S2/c1-17(2)21-5-4-6-22-23(21)26-25(33-22)29-15-13-28(14-16-29)24(30)18-7-11-20(12-8-18)34(31,32)27(3)19-9-10-19/h4-8,11-12,17,19H,9-10,13-16H2,1-3H3. The summed E-state index contributed by atoms with van der Waals surface area (Å²) in [6.07, 6.45) is 1.82. The predicted molar refractivity (Wildman–Crippen MR) is 136 cm³/mol. The van der Waals surface area contributed by atoms with Gasteiger partial charge in [0.25, 0.3) is 5.91 Å². The first-order valence-corrected chi connectivity index (χ1v) is 14.0. The Labute approximate surface area is 205 Å². The molecule has 1 aliphatic carbocycles. The van der Waals surface area contributed by atoms with Gasteiger partial charge in [-0.05, 0) is 54.7 Å². The number of hydrogen-bond acceptors (Lipinski definition) is 6. The molecule has 1 amide bonds.